The number of carbonyl (C=O) groups excluding carboxylic acids is 2. The number of amides is 2. The lowest BCUT2D eigenvalue weighted by Gasteiger charge is -2.17. The van der Waals surface area contributed by atoms with Crippen molar-refractivity contribution in [1.82, 2.24) is 4.90 Å². The minimum absolute atomic E-state index is 0.144. The molecule has 1 N–H and O–H groups in total. The summed E-state index contributed by atoms with van der Waals surface area (Å²) in [6, 6.07) is 13.1. The number of nitrogens with zero attached hydrogens (tertiary/aromatic N) is 2. The van der Waals surface area contributed by atoms with Crippen LogP contribution in [0.5, 0.6) is 5.75 Å². The fourth-order valence-corrected chi connectivity index (χ4v) is 2.33. The number of ether oxygens (including phenoxy) is 1. The van der Waals surface area contributed by atoms with Gasteiger partial charge in [-0.1, -0.05) is 11.6 Å². The Kier molecular flexibility index (Phi) is 5.98. The van der Waals surface area contributed by atoms with Crippen LogP contribution in [-0.4, -0.2) is 37.4 Å². The van der Waals surface area contributed by atoms with Crippen LogP contribution in [0, 0.1) is 11.3 Å². The minimum Gasteiger partial charge on any atom is -0.495 e. The molecule has 0 atom stereocenters. The van der Waals surface area contributed by atoms with Gasteiger partial charge in [0.15, 0.2) is 0 Å². The van der Waals surface area contributed by atoms with Crippen molar-refractivity contribution in [3.8, 4) is 11.8 Å². The molecular weight excluding hydrogens is 342 g/mol. The second-order valence-corrected chi connectivity index (χ2v) is 5.68. The van der Waals surface area contributed by atoms with Gasteiger partial charge < -0.3 is 15.0 Å². The minimum atomic E-state index is -0.384. The Hall–Kier alpha value is -3.04. The normalized spacial score (nSPS) is 9.84. The molecule has 2 aromatic carbocycles. The lowest BCUT2D eigenvalue weighted by atomic mass is 10.1. The molecule has 2 rings (SSSR count). The Labute approximate surface area is 150 Å². The highest BCUT2D eigenvalue weighted by molar-refractivity contribution is 6.31. The van der Waals surface area contributed by atoms with Crippen molar-refractivity contribution < 1.29 is 14.3 Å². The van der Waals surface area contributed by atoms with Crippen molar-refractivity contribution in [3.63, 3.8) is 0 Å². The van der Waals surface area contributed by atoms with Gasteiger partial charge >= 0.3 is 0 Å². The number of likely N-dealkylation sites (N-methyl/N-ethyl adjacent to an activating group) is 1. The second kappa shape index (κ2) is 8.18. The zero-order chi connectivity index (χ0) is 18.4. The Balaban J connectivity index is 2.03. The number of rotatable bonds is 5. The van der Waals surface area contributed by atoms with Gasteiger partial charge in [-0.2, -0.15) is 5.26 Å². The van der Waals surface area contributed by atoms with E-state index in [4.69, 9.17) is 21.6 Å². The first-order valence-electron chi connectivity index (χ1n) is 7.33. The van der Waals surface area contributed by atoms with Crippen LogP contribution < -0.4 is 10.1 Å². The molecule has 128 valence electrons. The van der Waals surface area contributed by atoms with Crippen molar-refractivity contribution >= 4 is 29.1 Å². The van der Waals surface area contributed by atoms with Crippen molar-refractivity contribution in [2.75, 3.05) is 26.0 Å². The summed E-state index contributed by atoms with van der Waals surface area (Å²) in [6.07, 6.45) is 0. The van der Waals surface area contributed by atoms with Gasteiger partial charge in [0.1, 0.15) is 5.75 Å². The molecule has 0 aliphatic heterocycles. The molecule has 0 bridgehead atoms. The van der Waals surface area contributed by atoms with Crippen LogP contribution in [0.2, 0.25) is 5.02 Å². The van der Waals surface area contributed by atoms with Crippen LogP contribution in [0.25, 0.3) is 0 Å². The largest absolute Gasteiger partial charge is 0.495 e. The number of methoxy groups -OCH3 is 1. The molecule has 6 nitrogen and oxygen atoms in total. The standard InChI is InChI=1S/C18H16ClN3O3/c1-22(18(24)13-5-3-12(10-20)4-6-13)11-17(23)21-15-9-14(19)7-8-16(15)25-2/h3-9H,11H2,1-2H3,(H,21,23). The highest BCUT2D eigenvalue weighted by Crippen LogP contribution is 2.27. The Bertz CT molecular complexity index is 828. The van der Waals surface area contributed by atoms with Gasteiger partial charge in [0, 0.05) is 17.6 Å². The Morgan fingerprint density at radius 1 is 1.24 bits per heavy atom. The van der Waals surface area contributed by atoms with Crippen LogP contribution in [0.4, 0.5) is 5.69 Å². The van der Waals surface area contributed by atoms with Crippen molar-refractivity contribution in [3.05, 3.63) is 58.6 Å². The van der Waals surface area contributed by atoms with E-state index in [1.54, 1.807) is 42.5 Å². The van der Waals surface area contributed by atoms with E-state index < -0.39 is 0 Å². The predicted molar refractivity (Wildman–Crippen MR) is 94.8 cm³/mol. The summed E-state index contributed by atoms with van der Waals surface area (Å²) >= 11 is 5.92. The third-order valence-electron chi connectivity index (χ3n) is 3.42. The molecule has 0 saturated carbocycles. The van der Waals surface area contributed by atoms with E-state index in [1.165, 1.54) is 19.1 Å². The number of benzene rings is 2. The molecular formula is C18H16ClN3O3. The number of nitrogens with one attached hydrogen (secondary N) is 1. The average Bonchev–Trinajstić information content (AvgIpc) is 2.61. The molecule has 0 fully saturated rings. The number of halogens is 1. The van der Waals surface area contributed by atoms with Crippen molar-refractivity contribution in [2.45, 2.75) is 0 Å². The van der Waals surface area contributed by atoms with E-state index in [0.717, 1.165) is 0 Å². The van der Waals surface area contributed by atoms with E-state index in [2.05, 4.69) is 5.32 Å². The average molecular weight is 358 g/mol. The Morgan fingerprint density at radius 2 is 1.92 bits per heavy atom. The van der Waals surface area contributed by atoms with Gasteiger partial charge in [0.05, 0.1) is 31.0 Å². The molecule has 0 radical (unpaired) electrons. The van der Waals surface area contributed by atoms with Gasteiger partial charge in [-0.25, -0.2) is 0 Å². The summed E-state index contributed by atoms with van der Waals surface area (Å²) in [5, 5.41) is 11.9. The molecule has 7 heteroatoms. The van der Waals surface area contributed by atoms with E-state index in [-0.39, 0.29) is 18.4 Å². The number of hydrogen-bond acceptors (Lipinski definition) is 4. The predicted octanol–water partition coefficient (Wildman–Crippen LogP) is 2.93. The summed E-state index contributed by atoms with van der Waals surface area (Å²) in [5.41, 5.74) is 1.29. The topological polar surface area (TPSA) is 82.4 Å². The fraction of sp³-hybridized carbons (Fsp3) is 0.167. The SMILES string of the molecule is COc1ccc(Cl)cc1NC(=O)CN(C)C(=O)c1ccc(C#N)cc1. The summed E-state index contributed by atoms with van der Waals surface area (Å²) in [6.45, 7) is -0.144. The van der Waals surface area contributed by atoms with Gasteiger partial charge in [-0.15, -0.1) is 0 Å². The summed E-state index contributed by atoms with van der Waals surface area (Å²) < 4.78 is 5.16. The van der Waals surface area contributed by atoms with Crippen LogP contribution in [0.1, 0.15) is 15.9 Å². The van der Waals surface area contributed by atoms with E-state index in [1.807, 2.05) is 6.07 Å². The molecule has 0 heterocycles. The van der Waals surface area contributed by atoms with E-state index >= 15 is 0 Å². The molecule has 2 amide bonds. The summed E-state index contributed by atoms with van der Waals surface area (Å²) in [7, 11) is 3.01. The maximum Gasteiger partial charge on any atom is 0.254 e. The molecule has 0 saturated heterocycles. The monoisotopic (exact) mass is 357 g/mol. The summed E-state index contributed by atoms with van der Waals surface area (Å²) in [5.74, 6) is -0.235. The van der Waals surface area contributed by atoms with Gasteiger partial charge in [-0.05, 0) is 42.5 Å². The molecule has 25 heavy (non-hydrogen) atoms. The number of anilines is 1. The smallest absolute Gasteiger partial charge is 0.254 e. The highest BCUT2D eigenvalue weighted by Gasteiger charge is 2.16. The molecule has 0 spiro atoms. The van der Waals surface area contributed by atoms with Gasteiger partial charge in [-0.3, -0.25) is 9.59 Å². The lowest BCUT2D eigenvalue weighted by Crippen LogP contribution is -2.35. The number of nitriles is 1. The zero-order valence-corrected chi connectivity index (χ0v) is 14.5. The number of hydrogen-bond donors (Lipinski definition) is 1. The number of carbonyl (C=O) groups is 2. The zero-order valence-electron chi connectivity index (χ0n) is 13.7. The molecule has 0 unspecified atom stereocenters. The van der Waals surface area contributed by atoms with E-state index in [0.29, 0.717) is 27.6 Å². The van der Waals surface area contributed by atoms with Gasteiger partial charge in [0.2, 0.25) is 5.91 Å². The molecule has 0 aromatic heterocycles. The van der Waals surface area contributed by atoms with Crippen LogP contribution in [-0.2, 0) is 4.79 Å². The van der Waals surface area contributed by atoms with Gasteiger partial charge in [0.25, 0.3) is 5.91 Å². The van der Waals surface area contributed by atoms with Crippen LogP contribution in [0.3, 0.4) is 0 Å². The van der Waals surface area contributed by atoms with Crippen LogP contribution in [0.15, 0.2) is 42.5 Å². The second-order valence-electron chi connectivity index (χ2n) is 5.24. The highest BCUT2D eigenvalue weighted by atomic mass is 35.5. The van der Waals surface area contributed by atoms with Crippen LogP contribution >= 0.6 is 11.6 Å². The first-order chi connectivity index (χ1) is 11.9. The fourth-order valence-electron chi connectivity index (χ4n) is 2.16. The third kappa shape index (κ3) is 4.72. The van der Waals surface area contributed by atoms with Crippen molar-refractivity contribution in [1.29, 1.82) is 5.26 Å². The lowest BCUT2D eigenvalue weighted by molar-refractivity contribution is -0.116. The maximum atomic E-state index is 12.3. The quantitative estimate of drug-likeness (QED) is 0.891. The first kappa shape index (κ1) is 18.3. The Morgan fingerprint density at radius 3 is 2.52 bits per heavy atom. The first-order valence-corrected chi connectivity index (χ1v) is 7.71. The third-order valence-corrected chi connectivity index (χ3v) is 3.66. The molecule has 0 aliphatic rings. The maximum absolute atomic E-state index is 12.3. The van der Waals surface area contributed by atoms with Crippen molar-refractivity contribution in [2.24, 2.45) is 0 Å². The molecule has 2 aromatic rings. The molecule has 0 aliphatic carbocycles. The summed E-state index contributed by atoms with van der Waals surface area (Å²) in [4.78, 5) is 25.8. The van der Waals surface area contributed by atoms with E-state index in [9.17, 15) is 9.59 Å².